The number of rotatable bonds is 4. The second-order valence-corrected chi connectivity index (χ2v) is 21.9. The van der Waals surface area contributed by atoms with E-state index in [0.717, 1.165) is 61.9 Å². The first kappa shape index (κ1) is 40.9. The van der Waals surface area contributed by atoms with Gasteiger partial charge in [-0.15, -0.1) is 0 Å². The van der Waals surface area contributed by atoms with Gasteiger partial charge in [-0.2, -0.15) is 0 Å². The van der Waals surface area contributed by atoms with Gasteiger partial charge in [-0.1, -0.05) is 156 Å². The van der Waals surface area contributed by atoms with E-state index in [0.29, 0.717) is 0 Å². The van der Waals surface area contributed by atoms with Crippen LogP contribution in [0.1, 0.15) is 105 Å². The number of ether oxygens (including phenoxy) is 1. The number of fused-ring (bicyclic) bond motifs is 7. The van der Waals surface area contributed by atoms with Crippen LogP contribution in [0.25, 0.3) is 21.9 Å². The average Bonchev–Trinajstić information content (AvgIpc) is 3.63. The summed E-state index contributed by atoms with van der Waals surface area (Å²) in [5.41, 5.74) is 17.1. The molecular formula is C58H59BN2O2. The number of hydrogen-bond donors (Lipinski definition) is 0. The van der Waals surface area contributed by atoms with Crippen molar-refractivity contribution in [1.82, 2.24) is 0 Å². The van der Waals surface area contributed by atoms with Gasteiger partial charge in [-0.05, 0) is 127 Å². The van der Waals surface area contributed by atoms with Crippen LogP contribution in [0.4, 0.5) is 34.1 Å². The first-order chi connectivity index (χ1) is 29.8. The van der Waals surface area contributed by atoms with Crippen LogP contribution in [-0.4, -0.2) is 6.71 Å². The standard InChI is InChI=1S/C58H59BN2O2/c1-55(2,3)36-20-26-40(27-21-36)60(41-28-22-37(23-29-41)56(4,5)6)48-32-31-46(52-42-16-13-14-18-49(42)63-54(48)52)61-45-30-24-38(57(7,8)9)34-43(45)59-44-35-39(58(10,11)12)25-33-50(44)62-51-19-15-17-47(61)53(51)59/h13-35H,1-12H3. The molecule has 5 heteroatoms. The van der Waals surface area contributed by atoms with Gasteiger partial charge in [0.25, 0.3) is 6.71 Å². The zero-order chi connectivity index (χ0) is 44.4. The highest BCUT2D eigenvalue weighted by atomic mass is 16.5. The molecule has 0 saturated carbocycles. The molecule has 63 heavy (non-hydrogen) atoms. The molecule has 7 aromatic carbocycles. The van der Waals surface area contributed by atoms with Crippen molar-refractivity contribution in [3.05, 3.63) is 162 Å². The monoisotopic (exact) mass is 826 g/mol. The van der Waals surface area contributed by atoms with E-state index < -0.39 is 0 Å². The zero-order valence-corrected chi connectivity index (χ0v) is 39.1. The van der Waals surface area contributed by atoms with Gasteiger partial charge in [-0.25, -0.2) is 0 Å². The number of furan rings is 1. The molecule has 0 amide bonds. The van der Waals surface area contributed by atoms with E-state index in [-0.39, 0.29) is 28.4 Å². The summed E-state index contributed by atoms with van der Waals surface area (Å²) in [6.45, 7) is 27.4. The van der Waals surface area contributed by atoms with Crippen molar-refractivity contribution < 1.29 is 9.15 Å². The Labute approximate surface area is 374 Å². The maximum Gasteiger partial charge on any atom is 0.256 e. The van der Waals surface area contributed by atoms with E-state index in [1.165, 1.54) is 44.3 Å². The first-order valence-electron chi connectivity index (χ1n) is 22.6. The van der Waals surface area contributed by atoms with Gasteiger partial charge in [0, 0.05) is 28.1 Å². The molecule has 3 heterocycles. The maximum atomic E-state index is 7.11. The van der Waals surface area contributed by atoms with Gasteiger partial charge in [0.05, 0.1) is 16.8 Å². The summed E-state index contributed by atoms with van der Waals surface area (Å²) >= 11 is 0. The Kier molecular flexibility index (Phi) is 9.18. The molecule has 0 unspecified atom stereocenters. The summed E-state index contributed by atoms with van der Waals surface area (Å²) in [5.74, 6) is 1.83. The van der Waals surface area contributed by atoms with Crippen LogP contribution >= 0.6 is 0 Å². The van der Waals surface area contributed by atoms with Crippen molar-refractivity contribution in [2.45, 2.75) is 105 Å². The molecule has 2 aliphatic rings. The van der Waals surface area contributed by atoms with Crippen molar-refractivity contribution in [2.75, 3.05) is 9.80 Å². The molecule has 0 aliphatic carbocycles. The summed E-state index contributed by atoms with van der Waals surface area (Å²) in [5, 5.41) is 2.14. The Morgan fingerprint density at radius 1 is 0.460 bits per heavy atom. The van der Waals surface area contributed by atoms with Gasteiger partial charge in [0.2, 0.25) is 0 Å². The van der Waals surface area contributed by atoms with Gasteiger partial charge >= 0.3 is 0 Å². The number of hydrogen-bond acceptors (Lipinski definition) is 4. The fraction of sp³-hybridized carbons (Fsp3) is 0.276. The predicted molar refractivity (Wildman–Crippen MR) is 269 cm³/mol. The van der Waals surface area contributed by atoms with Crippen LogP contribution in [0.3, 0.4) is 0 Å². The van der Waals surface area contributed by atoms with E-state index in [1.807, 2.05) is 0 Å². The van der Waals surface area contributed by atoms with Crippen LogP contribution < -0.4 is 30.9 Å². The molecule has 0 spiro atoms. The predicted octanol–water partition coefficient (Wildman–Crippen LogP) is 14.7. The van der Waals surface area contributed by atoms with E-state index in [4.69, 9.17) is 9.15 Å². The highest BCUT2D eigenvalue weighted by Gasteiger charge is 2.43. The third kappa shape index (κ3) is 6.83. The van der Waals surface area contributed by atoms with E-state index >= 15 is 0 Å². The second-order valence-electron chi connectivity index (χ2n) is 21.9. The average molecular weight is 827 g/mol. The van der Waals surface area contributed by atoms with Crippen LogP contribution in [0.15, 0.2) is 144 Å². The van der Waals surface area contributed by atoms with Crippen molar-refractivity contribution >= 4 is 79.2 Å². The maximum absolute atomic E-state index is 7.11. The van der Waals surface area contributed by atoms with E-state index in [2.05, 4.69) is 232 Å². The Bertz CT molecular complexity index is 3020. The molecule has 0 N–H and O–H groups in total. The smallest absolute Gasteiger partial charge is 0.256 e. The van der Waals surface area contributed by atoms with Crippen LogP contribution in [0.5, 0.6) is 11.5 Å². The molecule has 0 saturated heterocycles. The molecule has 2 aliphatic heterocycles. The van der Waals surface area contributed by atoms with Crippen molar-refractivity contribution in [1.29, 1.82) is 0 Å². The van der Waals surface area contributed by atoms with Crippen molar-refractivity contribution in [3.63, 3.8) is 0 Å². The minimum absolute atomic E-state index is 0.00529. The van der Waals surface area contributed by atoms with Gasteiger partial charge in [0.1, 0.15) is 17.1 Å². The second kappa shape index (κ2) is 14.2. The van der Waals surface area contributed by atoms with E-state index in [9.17, 15) is 0 Å². The first-order valence-corrected chi connectivity index (χ1v) is 22.6. The molecule has 4 nitrogen and oxygen atoms in total. The third-order valence-electron chi connectivity index (χ3n) is 13.4. The lowest BCUT2D eigenvalue weighted by Gasteiger charge is -2.41. The summed E-state index contributed by atoms with van der Waals surface area (Å²) < 4.78 is 14.0. The summed E-state index contributed by atoms with van der Waals surface area (Å²) in [4.78, 5) is 4.85. The fourth-order valence-corrected chi connectivity index (χ4v) is 9.69. The van der Waals surface area contributed by atoms with Crippen molar-refractivity contribution in [3.8, 4) is 11.5 Å². The van der Waals surface area contributed by atoms with Crippen LogP contribution in [-0.2, 0) is 21.7 Å². The Morgan fingerprint density at radius 3 is 1.60 bits per heavy atom. The highest BCUT2D eigenvalue weighted by molar-refractivity contribution is 6.99. The normalized spacial score (nSPS) is 13.8. The van der Waals surface area contributed by atoms with E-state index in [1.54, 1.807) is 0 Å². The number of para-hydroxylation sites is 1. The zero-order valence-electron chi connectivity index (χ0n) is 39.1. The molecule has 10 rings (SSSR count). The minimum atomic E-state index is -0.0454. The van der Waals surface area contributed by atoms with Gasteiger partial charge < -0.3 is 19.0 Å². The van der Waals surface area contributed by atoms with Crippen LogP contribution in [0.2, 0.25) is 0 Å². The Balaban J connectivity index is 1.24. The fourth-order valence-electron chi connectivity index (χ4n) is 9.69. The van der Waals surface area contributed by atoms with Crippen LogP contribution in [0, 0.1) is 0 Å². The SMILES string of the molecule is CC(C)(C)c1ccc(N(c2ccc(C(C)(C)C)cc2)c2ccc(N3c4ccc(C(C)(C)C)cc4B4c5cc(C(C)(C)C)ccc5Oc5cccc3c54)c3c2oc2ccccc23)cc1. The lowest BCUT2D eigenvalue weighted by Crippen LogP contribution is -2.59. The molecular weight excluding hydrogens is 767 g/mol. The third-order valence-corrected chi connectivity index (χ3v) is 13.4. The number of benzene rings is 7. The molecule has 0 radical (unpaired) electrons. The molecule has 0 fully saturated rings. The molecule has 0 atom stereocenters. The Hall–Kier alpha value is -6.20. The lowest BCUT2D eigenvalue weighted by atomic mass is 9.34. The summed E-state index contributed by atoms with van der Waals surface area (Å²) in [7, 11) is 0. The Morgan fingerprint density at radius 2 is 1.00 bits per heavy atom. The largest absolute Gasteiger partial charge is 0.458 e. The lowest BCUT2D eigenvalue weighted by molar-refractivity contribution is 0.486. The summed E-state index contributed by atoms with van der Waals surface area (Å²) in [6, 6.07) is 51.7. The van der Waals surface area contributed by atoms with Crippen molar-refractivity contribution in [2.24, 2.45) is 0 Å². The quantitative estimate of drug-likeness (QED) is 0.165. The highest BCUT2D eigenvalue weighted by Crippen LogP contribution is 2.50. The topological polar surface area (TPSA) is 28.9 Å². The molecule has 1 aromatic heterocycles. The molecule has 316 valence electrons. The van der Waals surface area contributed by atoms with Gasteiger partial charge in [-0.3, -0.25) is 0 Å². The molecule has 0 bridgehead atoms. The number of anilines is 6. The molecule has 8 aromatic rings. The minimum Gasteiger partial charge on any atom is -0.458 e. The number of nitrogens with zero attached hydrogens (tertiary/aromatic N) is 2. The van der Waals surface area contributed by atoms with Gasteiger partial charge in [0.15, 0.2) is 5.58 Å². The summed E-state index contributed by atoms with van der Waals surface area (Å²) in [6.07, 6.45) is 0.